The number of hydrogen-bond donors (Lipinski definition) is 0. The second-order valence-electron chi connectivity index (χ2n) is 4.55. The van der Waals surface area contributed by atoms with Crippen LogP contribution in [0.4, 0.5) is 0 Å². The number of fused-ring (bicyclic) bond motifs is 1. The predicted molar refractivity (Wildman–Crippen MR) is 69.8 cm³/mol. The van der Waals surface area contributed by atoms with E-state index < -0.39 is 6.10 Å². The van der Waals surface area contributed by atoms with Gasteiger partial charge in [0.05, 0.1) is 6.61 Å². The third-order valence-electron chi connectivity index (χ3n) is 3.27. The van der Waals surface area contributed by atoms with Crippen molar-refractivity contribution in [2.45, 2.75) is 45.6 Å². The predicted octanol–water partition coefficient (Wildman–Crippen LogP) is 2.90. The largest absolute Gasteiger partial charge is 0.479 e. The minimum Gasteiger partial charge on any atom is -0.479 e. The number of hydrogen-bond acceptors (Lipinski definition) is 3. The summed E-state index contributed by atoms with van der Waals surface area (Å²) in [7, 11) is 0. The number of ether oxygens (including phenoxy) is 2. The van der Waals surface area contributed by atoms with Crippen molar-refractivity contribution in [2.24, 2.45) is 0 Å². The van der Waals surface area contributed by atoms with E-state index in [4.69, 9.17) is 9.47 Å². The first-order chi connectivity index (χ1) is 8.74. The fourth-order valence-corrected chi connectivity index (χ4v) is 2.32. The molecule has 1 aromatic carbocycles. The number of carbonyl (C=O) groups is 1. The summed E-state index contributed by atoms with van der Waals surface area (Å²) >= 11 is 0. The summed E-state index contributed by atoms with van der Waals surface area (Å²) in [5.74, 6) is 0.496. The number of rotatable bonds is 5. The maximum absolute atomic E-state index is 11.7. The van der Waals surface area contributed by atoms with Crippen LogP contribution in [0.25, 0.3) is 0 Å². The SMILES string of the molecule is CCOC(=O)C(CC)Oc1ccc2c(c1)CCC2. The Labute approximate surface area is 108 Å². The second kappa shape index (κ2) is 5.89. The van der Waals surface area contributed by atoms with Gasteiger partial charge >= 0.3 is 5.97 Å². The lowest BCUT2D eigenvalue weighted by molar-refractivity contribution is -0.151. The van der Waals surface area contributed by atoms with Crippen LogP contribution in [0.2, 0.25) is 0 Å². The molecule has 0 saturated heterocycles. The fourth-order valence-electron chi connectivity index (χ4n) is 2.32. The molecule has 1 aromatic rings. The van der Waals surface area contributed by atoms with Crippen LogP contribution >= 0.6 is 0 Å². The van der Waals surface area contributed by atoms with Crippen LogP contribution in [0.1, 0.15) is 37.8 Å². The molecular weight excluding hydrogens is 228 g/mol. The van der Waals surface area contributed by atoms with Crippen LogP contribution in [0.15, 0.2) is 18.2 Å². The quantitative estimate of drug-likeness (QED) is 0.752. The van der Waals surface area contributed by atoms with Gasteiger partial charge in [-0.1, -0.05) is 13.0 Å². The fraction of sp³-hybridized carbons (Fsp3) is 0.533. The van der Waals surface area contributed by atoms with Gasteiger partial charge in [-0.2, -0.15) is 0 Å². The van der Waals surface area contributed by atoms with Crippen molar-refractivity contribution in [3.8, 4) is 5.75 Å². The lowest BCUT2D eigenvalue weighted by Crippen LogP contribution is -2.28. The van der Waals surface area contributed by atoms with Crippen molar-refractivity contribution in [3.63, 3.8) is 0 Å². The highest BCUT2D eigenvalue weighted by Crippen LogP contribution is 2.26. The lowest BCUT2D eigenvalue weighted by Gasteiger charge is -2.16. The third kappa shape index (κ3) is 2.84. The maximum atomic E-state index is 11.7. The Morgan fingerprint density at radius 3 is 2.78 bits per heavy atom. The van der Waals surface area contributed by atoms with Gasteiger partial charge in [-0.15, -0.1) is 0 Å². The van der Waals surface area contributed by atoms with Gasteiger partial charge < -0.3 is 9.47 Å². The Kier molecular flexibility index (Phi) is 4.24. The number of esters is 1. The van der Waals surface area contributed by atoms with Gasteiger partial charge in [0, 0.05) is 0 Å². The van der Waals surface area contributed by atoms with Crippen molar-refractivity contribution in [1.82, 2.24) is 0 Å². The summed E-state index contributed by atoms with van der Waals surface area (Å²) in [5.41, 5.74) is 2.76. The van der Waals surface area contributed by atoms with Crippen molar-refractivity contribution in [3.05, 3.63) is 29.3 Å². The average Bonchev–Trinajstić information content (AvgIpc) is 2.83. The van der Waals surface area contributed by atoms with Crippen LogP contribution in [-0.4, -0.2) is 18.7 Å². The molecule has 1 unspecified atom stereocenters. The monoisotopic (exact) mass is 248 g/mol. The van der Waals surface area contributed by atoms with Crippen LogP contribution in [0.3, 0.4) is 0 Å². The van der Waals surface area contributed by atoms with Crippen molar-refractivity contribution in [1.29, 1.82) is 0 Å². The molecule has 1 aliphatic rings. The zero-order chi connectivity index (χ0) is 13.0. The molecule has 0 aliphatic heterocycles. The second-order valence-corrected chi connectivity index (χ2v) is 4.55. The summed E-state index contributed by atoms with van der Waals surface area (Å²) in [6, 6.07) is 6.12. The standard InChI is InChI=1S/C15H20O3/c1-3-14(15(16)17-4-2)18-13-9-8-11-6-5-7-12(11)10-13/h8-10,14H,3-7H2,1-2H3. The van der Waals surface area contributed by atoms with Gasteiger partial charge in [0.25, 0.3) is 0 Å². The molecule has 0 N–H and O–H groups in total. The van der Waals surface area contributed by atoms with E-state index >= 15 is 0 Å². The zero-order valence-electron chi connectivity index (χ0n) is 11.1. The van der Waals surface area contributed by atoms with Gasteiger partial charge in [0.15, 0.2) is 6.10 Å². The minimum absolute atomic E-state index is 0.277. The Balaban J connectivity index is 2.05. The average molecular weight is 248 g/mol. The smallest absolute Gasteiger partial charge is 0.347 e. The third-order valence-corrected chi connectivity index (χ3v) is 3.27. The molecule has 1 aliphatic carbocycles. The molecule has 0 radical (unpaired) electrons. The molecule has 0 saturated carbocycles. The Morgan fingerprint density at radius 2 is 2.06 bits per heavy atom. The Hall–Kier alpha value is -1.51. The molecule has 0 spiro atoms. The van der Waals surface area contributed by atoms with Gasteiger partial charge in [-0.05, 0) is 55.9 Å². The molecule has 0 fully saturated rings. The van der Waals surface area contributed by atoms with Crippen LogP contribution in [0, 0.1) is 0 Å². The molecule has 0 amide bonds. The molecule has 1 atom stereocenters. The lowest BCUT2D eigenvalue weighted by atomic mass is 10.1. The molecule has 2 rings (SSSR count). The van der Waals surface area contributed by atoms with Crippen molar-refractivity contribution in [2.75, 3.05) is 6.61 Å². The van der Waals surface area contributed by atoms with E-state index in [2.05, 4.69) is 12.1 Å². The van der Waals surface area contributed by atoms with Crippen LogP contribution in [0.5, 0.6) is 5.75 Å². The van der Waals surface area contributed by atoms with E-state index in [0.29, 0.717) is 13.0 Å². The zero-order valence-corrected chi connectivity index (χ0v) is 11.1. The highest BCUT2D eigenvalue weighted by atomic mass is 16.6. The normalized spacial score (nSPS) is 15.0. The number of benzene rings is 1. The number of aryl methyl sites for hydroxylation is 2. The first kappa shape index (κ1) is 12.9. The molecule has 0 heterocycles. The van der Waals surface area contributed by atoms with E-state index in [1.807, 2.05) is 13.0 Å². The Bertz CT molecular complexity index is 426. The first-order valence-electron chi connectivity index (χ1n) is 6.69. The molecule has 3 heteroatoms. The summed E-state index contributed by atoms with van der Waals surface area (Å²) in [5, 5.41) is 0. The summed E-state index contributed by atoms with van der Waals surface area (Å²) in [6.45, 7) is 4.12. The van der Waals surface area contributed by atoms with Gasteiger partial charge in [0.2, 0.25) is 0 Å². The molecule has 0 aromatic heterocycles. The highest BCUT2D eigenvalue weighted by molar-refractivity contribution is 5.75. The number of carbonyl (C=O) groups excluding carboxylic acids is 1. The first-order valence-corrected chi connectivity index (χ1v) is 6.69. The summed E-state index contributed by atoms with van der Waals surface area (Å²) in [6.07, 6.45) is 3.61. The molecular formula is C15H20O3. The van der Waals surface area contributed by atoms with E-state index in [1.165, 1.54) is 17.5 Å². The molecule has 18 heavy (non-hydrogen) atoms. The molecule has 0 bridgehead atoms. The maximum Gasteiger partial charge on any atom is 0.347 e. The van der Waals surface area contributed by atoms with E-state index in [1.54, 1.807) is 6.92 Å². The summed E-state index contributed by atoms with van der Waals surface area (Å²) in [4.78, 5) is 11.7. The minimum atomic E-state index is -0.496. The van der Waals surface area contributed by atoms with Gasteiger partial charge in [0.1, 0.15) is 5.75 Å². The van der Waals surface area contributed by atoms with Crippen LogP contribution in [-0.2, 0) is 22.4 Å². The van der Waals surface area contributed by atoms with Crippen LogP contribution < -0.4 is 4.74 Å². The topological polar surface area (TPSA) is 35.5 Å². The van der Waals surface area contributed by atoms with E-state index in [-0.39, 0.29) is 5.97 Å². The van der Waals surface area contributed by atoms with Crippen molar-refractivity contribution < 1.29 is 14.3 Å². The summed E-state index contributed by atoms with van der Waals surface area (Å²) < 4.78 is 10.7. The highest BCUT2D eigenvalue weighted by Gasteiger charge is 2.20. The van der Waals surface area contributed by atoms with E-state index in [9.17, 15) is 4.79 Å². The molecule has 3 nitrogen and oxygen atoms in total. The molecule has 98 valence electrons. The Morgan fingerprint density at radius 1 is 1.28 bits per heavy atom. The van der Waals surface area contributed by atoms with Crippen molar-refractivity contribution >= 4 is 5.97 Å². The van der Waals surface area contributed by atoms with Gasteiger partial charge in [-0.25, -0.2) is 4.79 Å². The van der Waals surface area contributed by atoms with Gasteiger partial charge in [-0.3, -0.25) is 0 Å². The van der Waals surface area contributed by atoms with E-state index in [0.717, 1.165) is 18.6 Å².